The largest absolute Gasteiger partial charge is 0.495 e. The van der Waals surface area contributed by atoms with E-state index in [-0.39, 0.29) is 23.1 Å². The van der Waals surface area contributed by atoms with Crippen LogP contribution in [0.15, 0.2) is 59.8 Å². The van der Waals surface area contributed by atoms with Crippen molar-refractivity contribution in [2.45, 2.75) is 70.3 Å². The number of methoxy groups -OCH3 is 3. The number of carboxylic acid groups (broad SMARTS) is 1. The molecule has 0 saturated heterocycles. The second-order valence-electron chi connectivity index (χ2n) is 14.8. The van der Waals surface area contributed by atoms with Crippen LogP contribution in [-0.2, 0) is 19.6 Å². The van der Waals surface area contributed by atoms with Gasteiger partial charge >= 0.3 is 18.2 Å². The third kappa shape index (κ3) is 9.46. The van der Waals surface area contributed by atoms with Crippen molar-refractivity contribution in [3.8, 4) is 28.7 Å². The van der Waals surface area contributed by atoms with Crippen molar-refractivity contribution < 1.29 is 64.7 Å². The van der Waals surface area contributed by atoms with Gasteiger partial charge in [0.15, 0.2) is 23.0 Å². The molecule has 326 valence electrons. The minimum atomic E-state index is -5.08. The molecule has 19 heteroatoms. The lowest BCUT2D eigenvalue weighted by Crippen LogP contribution is -2.39. The lowest BCUT2D eigenvalue weighted by Gasteiger charge is -2.30. The van der Waals surface area contributed by atoms with E-state index in [2.05, 4.69) is 10.3 Å². The standard InChI is InChI=1S/C21H24N2O5S.C18H24N2O4.C2HF3O2/c1-13-5-6-17(26-3)19(11-13)29(24,25)23-9-7-15-16(23)12-18(27-4)21-20(15)14(2)22-8-10-28-21;1-11-15-12-6-7-19-13(12)10-14(22-5)16(15)23-9-8-20(11)17(21)24-18(2,3)4;3-2(4,5)1(6)7/h5-7,9,11-12,14,22H,8,10H2,1-4H3;6-7,10-11,19H,8-9H2,1-5H3;(H,6,7). The molecule has 15 nitrogen and oxygen atoms in total. The summed E-state index contributed by atoms with van der Waals surface area (Å²) in [4.78, 5) is 26.5. The fourth-order valence-electron chi connectivity index (χ4n) is 6.87. The Kier molecular flexibility index (Phi) is 13.4. The molecule has 2 aliphatic rings. The van der Waals surface area contributed by atoms with Crippen LogP contribution in [0.4, 0.5) is 18.0 Å². The van der Waals surface area contributed by atoms with Gasteiger partial charge in [-0.3, -0.25) is 4.90 Å². The van der Waals surface area contributed by atoms with Gasteiger partial charge in [-0.1, -0.05) is 6.07 Å². The Morgan fingerprint density at radius 3 is 2.10 bits per heavy atom. The number of aromatic amines is 1. The summed E-state index contributed by atoms with van der Waals surface area (Å²) < 4.78 is 93.9. The van der Waals surface area contributed by atoms with Gasteiger partial charge in [0.2, 0.25) is 0 Å². The number of aliphatic carboxylic acids is 1. The predicted octanol–water partition coefficient (Wildman–Crippen LogP) is 7.75. The van der Waals surface area contributed by atoms with E-state index in [0.29, 0.717) is 60.6 Å². The van der Waals surface area contributed by atoms with Crippen molar-refractivity contribution in [3.05, 3.63) is 71.5 Å². The molecule has 0 aliphatic carbocycles. The Labute approximate surface area is 345 Å². The number of rotatable bonds is 5. The topological polar surface area (TPSA) is 180 Å². The van der Waals surface area contributed by atoms with Crippen LogP contribution >= 0.6 is 0 Å². The number of fused-ring (bicyclic) bond motifs is 6. The van der Waals surface area contributed by atoms with Crippen LogP contribution in [0.2, 0.25) is 0 Å². The molecule has 5 aromatic rings. The van der Waals surface area contributed by atoms with Gasteiger partial charge in [-0.25, -0.2) is 22.0 Å². The summed E-state index contributed by atoms with van der Waals surface area (Å²) in [6.07, 6.45) is -1.98. The van der Waals surface area contributed by atoms with Crippen molar-refractivity contribution in [1.29, 1.82) is 0 Å². The highest BCUT2D eigenvalue weighted by Gasteiger charge is 2.38. The highest BCUT2D eigenvalue weighted by atomic mass is 32.2. The minimum Gasteiger partial charge on any atom is -0.495 e. The molecule has 3 N–H and O–H groups in total. The maximum Gasteiger partial charge on any atom is 0.490 e. The number of hydrogen-bond donors (Lipinski definition) is 3. The third-order valence-electron chi connectivity index (χ3n) is 9.59. The summed E-state index contributed by atoms with van der Waals surface area (Å²) in [5.74, 6) is 0.0706. The number of aryl methyl sites for hydroxylation is 1. The zero-order valence-corrected chi connectivity index (χ0v) is 35.5. The van der Waals surface area contributed by atoms with Gasteiger partial charge in [-0.15, -0.1) is 0 Å². The number of carbonyl (C=O) groups excluding carboxylic acids is 1. The molecule has 4 heterocycles. The number of carboxylic acids is 1. The first-order valence-electron chi connectivity index (χ1n) is 18.7. The van der Waals surface area contributed by atoms with Crippen molar-refractivity contribution >= 4 is 43.9 Å². The number of H-pyrrole nitrogens is 1. The number of nitrogens with zero attached hydrogens (tertiary/aromatic N) is 2. The lowest BCUT2D eigenvalue weighted by molar-refractivity contribution is -0.192. The highest BCUT2D eigenvalue weighted by molar-refractivity contribution is 7.90. The quantitative estimate of drug-likeness (QED) is 0.157. The van der Waals surface area contributed by atoms with E-state index in [9.17, 15) is 26.4 Å². The smallest absolute Gasteiger partial charge is 0.490 e. The molecule has 0 bridgehead atoms. The average molecular weight is 863 g/mol. The summed E-state index contributed by atoms with van der Waals surface area (Å²) in [7, 11) is 0.747. The highest BCUT2D eigenvalue weighted by Crippen LogP contribution is 2.45. The summed E-state index contributed by atoms with van der Waals surface area (Å²) in [6.45, 7) is 13.5. The lowest BCUT2D eigenvalue weighted by atomic mass is 10.0. The number of hydrogen-bond acceptors (Lipinski definition) is 11. The van der Waals surface area contributed by atoms with Crippen LogP contribution in [0.1, 0.15) is 63.4 Å². The molecule has 2 unspecified atom stereocenters. The van der Waals surface area contributed by atoms with E-state index < -0.39 is 27.8 Å². The molecular weight excluding hydrogens is 814 g/mol. The van der Waals surface area contributed by atoms with E-state index in [4.69, 9.17) is 38.3 Å². The fraction of sp³-hybridized carbons (Fsp3) is 0.415. The number of benzene rings is 3. The fourth-order valence-corrected chi connectivity index (χ4v) is 8.46. The SMILES string of the molecule is COc1cc2[nH]ccc2c2c1OCCN(C(=O)OC(C)(C)C)C2C.COc1ccc(C)cc1S(=O)(=O)n1ccc2c3c(c(OC)cc21)OCCNC3C.O=C(O)C(F)(F)F. The van der Waals surface area contributed by atoms with Gasteiger partial charge < -0.3 is 43.8 Å². The van der Waals surface area contributed by atoms with Crippen LogP contribution in [-0.4, -0.2) is 98.9 Å². The Bertz CT molecular complexity index is 2480. The molecule has 2 atom stereocenters. The summed E-state index contributed by atoms with van der Waals surface area (Å²) >= 11 is 0. The van der Waals surface area contributed by atoms with E-state index in [0.717, 1.165) is 33.0 Å². The zero-order chi connectivity index (χ0) is 44.3. The average Bonchev–Trinajstić information content (AvgIpc) is 3.73. The second kappa shape index (κ2) is 17.8. The number of carbonyl (C=O) groups is 2. The number of halogens is 3. The Hall–Kier alpha value is -5.82. The Morgan fingerprint density at radius 1 is 0.867 bits per heavy atom. The Morgan fingerprint density at radius 2 is 1.48 bits per heavy atom. The van der Waals surface area contributed by atoms with Crippen molar-refractivity contribution in [2.75, 3.05) is 47.6 Å². The number of amides is 1. The summed E-state index contributed by atoms with van der Waals surface area (Å²) in [6, 6.07) is 12.3. The molecule has 7 rings (SSSR count). The molecule has 0 spiro atoms. The molecule has 3 aromatic carbocycles. The van der Waals surface area contributed by atoms with Gasteiger partial charge in [-0.2, -0.15) is 13.2 Å². The maximum atomic E-state index is 13.6. The molecule has 2 aromatic heterocycles. The molecule has 0 radical (unpaired) electrons. The van der Waals surface area contributed by atoms with Gasteiger partial charge in [0.25, 0.3) is 10.0 Å². The van der Waals surface area contributed by atoms with Crippen molar-refractivity contribution in [1.82, 2.24) is 19.2 Å². The maximum absolute atomic E-state index is 13.6. The third-order valence-corrected chi connectivity index (χ3v) is 11.3. The number of aromatic nitrogens is 2. The summed E-state index contributed by atoms with van der Waals surface area (Å²) in [5.41, 5.74) is 3.61. The second-order valence-corrected chi connectivity index (χ2v) is 16.6. The van der Waals surface area contributed by atoms with E-state index in [1.165, 1.54) is 11.1 Å². The van der Waals surface area contributed by atoms with Crippen LogP contribution in [0.3, 0.4) is 0 Å². The Balaban J connectivity index is 0.000000199. The zero-order valence-electron chi connectivity index (χ0n) is 34.6. The van der Waals surface area contributed by atoms with E-state index in [1.54, 1.807) is 49.6 Å². The van der Waals surface area contributed by atoms with Gasteiger partial charge in [0.1, 0.15) is 29.5 Å². The van der Waals surface area contributed by atoms with E-state index in [1.807, 2.05) is 65.9 Å². The number of nitrogens with one attached hydrogen (secondary N) is 2. The normalized spacial score (nSPS) is 16.6. The summed E-state index contributed by atoms with van der Waals surface area (Å²) in [5, 5.41) is 12.3. The van der Waals surface area contributed by atoms with Crippen molar-refractivity contribution in [2.24, 2.45) is 0 Å². The van der Waals surface area contributed by atoms with Crippen LogP contribution in [0.25, 0.3) is 21.8 Å². The molecule has 60 heavy (non-hydrogen) atoms. The number of ether oxygens (including phenoxy) is 6. The molecule has 1 amide bonds. The van der Waals surface area contributed by atoms with Crippen LogP contribution < -0.4 is 29.0 Å². The van der Waals surface area contributed by atoms with Gasteiger partial charge in [0.05, 0.1) is 39.4 Å². The van der Waals surface area contributed by atoms with Crippen molar-refractivity contribution in [3.63, 3.8) is 0 Å². The predicted molar refractivity (Wildman–Crippen MR) is 216 cm³/mol. The van der Waals surface area contributed by atoms with Gasteiger partial charge in [0, 0.05) is 64.5 Å². The first kappa shape index (κ1) is 45.3. The molecule has 2 aliphatic heterocycles. The first-order valence-corrected chi connectivity index (χ1v) is 20.2. The van der Waals surface area contributed by atoms with Crippen LogP contribution in [0, 0.1) is 6.92 Å². The molecule has 0 saturated carbocycles. The molecule has 0 fully saturated rings. The van der Waals surface area contributed by atoms with Gasteiger partial charge in [-0.05, 0) is 71.4 Å². The minimum absolute atomic E-state index is 0.0165. The number of alkyl halides is 3. The monoisotopic (exact) mass is 862 g/mol. The van der Waals surface area contributed by atoms with Crippen LogP contribution in [0.5, 0.6) is 28.7 Å². The first-order chi connectivity index (χ1) is 28.1. The van der Waals surface area contributed by atoms with E-state index >= 15 is 0 Å². The molecular formula is C41H49F3N4O11S.